The predicted octanol–water partition coefficient (Wildman–Crippen LogP) is 2.95. The van der Waals surface area contributed by atoms with Crippen molar-refractivity contribution >= 4 is 24.8 Å². The van der Waals surface area contributed by atoms with Crippen molar-refractivity contribution in [3.05, 3.63) is 29.6 Å². The first kappa shape index (κ1) is 17.4. The van der Waals surface area contributed by atoms with Gasteiger partial charge in [0.1, 0.15) is 0 Å². The normalized spacial score (nSPS) is 20.1. The molecule has 1 fully saturated rings. The van der Waals surface area contributed by atoms with E-state index in [2.05, 4.69) is 4.98 Å². The van der Waals surface area contributed by atoms with E-state index < -0.39 is 11.7 Å². The van der Waals surface area contributed by atoms with Crippen LogP contribution in [0.25, 0.3) is 0 Å². The topological polar surface area (TPSA) is 42.1 Å². The minimum atomic E-state index is -4.35. The molecule has 0 aliphatic carbocycles. The summed E-state index contributed by atoms with van der Waals surface area (Å²) in [6.45, 7) is 0.709. The lowest BCUT2D eigenvalue weighted by molar-refractivity contribution is -0.137. The van der Waals surface area contributed by atoms with E-state index >= 15 is 0 Å². The first-order chi connectivity index (χ1) is 7.48. The molecule has 0 bridgehead atoms. The molecular formula is C10H14Cl2F3N3. The molecule has 3 nitrogen and oxygen atoms in total. The summed E-state index contributed by atoms with van der Waals surface area (Å²) in [7, 11) is 0. The zero-order chi connectivity index (χ0) is 11.8. The maximum absolute atomic E-state index is 12.5. The minimum Gasteiger partial charge on any atom is -0.268 e. The van der Waals surface area contributed by atoms with Crippen molar-refractivity contribution < 1.29 is 13.2 Å². The lowest BCUT2D eigenvalue weighted by Gasteiger charge is -2.19. The second-order valence-electron chi connectivity index (χ2n) is 3.90. The molecule has 0 spiro atoms. The van der Waals surface area contributed by atoms with Crippen LogP contribution in [-0.2, 0) is 6.18 Å². The molecule has 0 amide bonds. The third-order valence-corrected chi connectivity index (χ3v) is 2.77. The number of hydrogen-bond acceptors (Lipinski definition) is 3. The van der Waals surface area contributed by atoms with Gasteiger partial charge in [-0.15, -0.1) is 24.8 Å². The number of rotatable bonds is 1. The number of hydrogen-bond donors (Lipinski definition) is 1. The second kappa shape index (κ2) is 6.56. The number of hydrazine groups is 1. The van der Waals surface area contributed by atoms with Crippen molar-refractivity contribution in [2.24, 2.45) is 5.84 Å². The molecule has 0 saturated carbocycles. The molecule has 1 aromatic heterocycles. The first-order valence-corrected chi connectivity index (χ1v) is 5.02. The van der Waals surface area contributed by atoms with Crippen LogP contribution in [-0.4, -0.2) is 16.5 Å². The Morgan fingerprint density at radius 1 is 1.28 bits per heavy atom. The number of alkyl halides is 3. The van der Waals surface area contributed by atoms with Gasteiger partial charge in [0, 0.05) is 18.9 Å². The van der Waals surface area contributed by atoms with Crippen LogP contribution in [0.1, 0.15) is 30.0 Å². The zero-order valence-electron chi connectivity index (χ0n) is 9.35. The quantitative estimate of drug-likeness (QED) is 0.811. The summed E-state index contributed by atoms with van der Waals surface area (Å²) in [6.07, 6.45) is -0.387. The van der Waals surface area contributed by atoms with Gasteiger partial charge in [-0.1, -0.05) is 0 Å². The maximum atomic E-state index is 12.5. The van der Waals surface area contributed by atoms with Gasteiger partial charge in [-0.05, 0) is 24.5 Å². The standard InChI is InChI=1S/C10H12F3N3.2ClH/c11-10(12,13)8-4-7(5-15-6-8)9-2-1-3-16(9)14;;/h4-6,9H,1-3,14H2;2*1H/t9-;;/m0../s1. The number of halogens is 5. The molecular weight excluding hydrogens is 290 g/mol. The molecule has 2 heterocycles. The van der Waals surface area contributed by atoms with E-state index in [1.807, 2.05) is 0 Å². The molecule has 0 unspecified atom stereocenters. The highest BCUT2D eigenvalue weighted by molar-refractivity contribution is 5.85. The van der Waals surface area contributed by atoms with Gasteiger partial charge in [0.2, 0.25) is 0 Å². The van der Waals surface area contributed by atoms with Crippen molar-refractivity contribution in [1.82, 2.24) is 9.99 Å². The third kappa shape index (κ3) is 3.71. The lowest BCUT2D eigenvalue weighted by Crippen LogP contribution is -2.30. The van der Waals surface area contributed by atoms with Gasteiger partial charge in [0.05, 0.1) is 11.6 Å². The Labute approximate surface area is 115 Å². The van der Waals surface area contributed by atoms with Gasteiger partial charge in [0.15, 0.2) is 0 Å². The van der Waals surface area contributed by atoms with Crippen molar-refractivity contribution in [3.8, 4) is 0 Å². The first-order valence-electron chi connectivity index (χ1n) is 5.02. The minimum absolute atomic E-state index is 0. The number of aromatic nitrogens is 1. The SMILES string of the molecule is Cl.Cl.NN1CCC[C@H]1c1cncc(C(F)(F)F)c1. The molecule has 1 atom stereocenters. The summed E-state index contributed by atoms with van der Waals surface area (Å²) in [6, 6.07) is 0.984. The van der Waals surface area contributed by atoms with E-state index in [-0.39, 0.29) is 30.9 Å². The molecule has 1 saturated heterocycles. The fourth-order valence-electron chi connectivity index (χ4n) is 1.94. The summed E-state index contributed by atoms with van der Waals surface area (Å²) in [4.78, 5) is 3.63. The molecule has 0 radical (unpaired) electrons. The summed E-state index contributed by atoms with van der Waals surface area (Å²) < 4.78 is 37.4. The summed E-state index contributed by atoms with van der Waals surface area (Å²) >= 11 is 0. The van der Waals surface area contributed by atoms with E-state index in [0.29, 0.717) is 12.1 Å². The van der Waals surface area contributed by atoms with Crippen molar-refractivity contribution in [3.63, 3.8) is 0 Å². The average molecular weight is 304 g/mol. The second-order valence-corrected chi connectivity index (χ2v) is 3.90. The number of pyridine rings is 1. The van der Waals surface area contributed by atoms with E-state index in [9.17, 15) is 13.2 Å². The molecule has 8 heteroatoms. The molecule has 2 rings (SSSR count). The maximum Gasteiger partial charge on any atom is 0.417 e. The van der Waals surface area contributed by atoms with Gasteiger partial charge in [0.25, 0.3) is 0 Å². The van der Waals surface area contributed by atoms with E-state index in [1.54, 1.807) is 5.01 Å². The van der Waals surface area contributed by atoms with Crippen LogP contribution in [0.4, 0.5) is 13.2 Å². The van der Waals surface area contributed by atoms with E-state index in [1.165, 1.54) is 6.20 Å². The smallest absolute Gasteiger partial charge is 0.268 e. The van der Waals surface area contributed by atoms with E-state index in [0.717, 1.165) is 25.1 Å². The Balaban J connectivity index is 0.00000144. The van der Waals surface area contributed by atoms with Crippen LogP contribution in [0.15, 0.2) is 18.5 Å². The lowest BCUT2D eigenvalue weighted by atomic mass is 10.1. The predicted molar refractivity (Wildman–Crippen MR) is 66.6 cm³/mol. The Hall–Kier alpha value is -0.560. The van der Waals surface area contributed by atoms with Crippen LogP contribution in [0, 0.1) is 0 Å². The number of nitrogens with zero attached hydrogens (tertiary/aromatic N) is 2. The fraction of sp³-hybridized carbons (Fsp3) is 0.500. The zero-order valence-corrected chi connectivity index (χ0v) is 11.0. The highest BCUT2D eigenvalue weighted by Gasteiger charge is 2.32. The fourth-order valence-corrected chi connectivity index (χ4v) is 1.94. The van der Waals surface area contributed by atoms with Gasteiger partial charge < -0.3 is 0 Å². The van der Waals surface area contributed by atoms with Gasteiger partial charge in [-0.3, -0.25) is 10.8 Å². The summed E-state index contributed by atoms with van der Waals surface area (Å²) in [5.41, 5.74) is -0.180. The molecule has 1 aliphatic heterocycles. The van der Waals surface area contributed by atoms with Crippen LogP contribution in [0.3, 0.4) is 0 Å². The monoisotopic (exact) mass is 303 g/mol. The summed E-state index contributed by atoms with van der Waals surface area (Å²) in [5.74, 6) is 5.69. The molecule has 18 heavy (non-hydrogen) atoms. The van der Waals surface area contributed by atoms with Crippen LogP contribution >= 0.6 is 24.8 Å². The Morgan fingerprint density at radius 2 is 1.94 bits per heavy atom. The Morgan fingerprint density at radius 3 is 2.44 bits per heavy atom. The average Bonchev–Trinajstić information content (AvgIpc) is 2.63. The van der Waals surface area contributed by atoms with Gasteiger partial charge in [-0.25, -0.2) is 5.01 Å². The van der Waals surface area contributed by atoms with Gasteiger partial charge in [-0.2, -0.15) is 13.2 Å². The van der Waals surface area contributed by atoms with Gasteiger partial charge >= 0.3 is 6.18 Å². The third-order valence-electron chi connectivity index (χ3n) is 2.77. The Bertz CT molecular complexity index is 387. The molecule has 1 aliphatic rings. The van der Waals surface area contributed by atoms with Crippen LogP contribution in [0.5, 0.6) is 0 Å². The largest absolute Gasteiger partial charge is 0.417 e. The Kier molecular flexibility index (Phi) is 6.36. The van der Waals surface area contributed by atoms with Crippen molar-refractivity contribution in [1.29, 1.82) is 0 Å². The van der Waals surface area contributed by atoms with E-state index in [4.69, 9.17) is 5.84 Å². The summed E-state index contributed by atoms with van der Waals surface area (Å²) in [5, 5.41) is 1.57. The van der Waals surface area contributed by atoms with Crippen molar-refractivity contribution in [2.45, 2.75) is 25.1 Å². The number of nitrogens with two attached hydrogens (primary N) is 1. The van der Waals surface area contributed by atoms with Crippen LogP contribution < -0.4 is 5.84 Å². The molecule has 1 aromatic rings. The van der Waals surface area contributed by atoms with Crippen LogP contribution in [0.2, 0.25) is 0 Å². The molecule has 2 N–H and O–H groups in total. The highest BCUT2D eigenvalue weighted by Crippen LogP contribution is 2.33. The highest BCUT2D eigenvalue weighted by atomic mass is 35.5. The molecule has 0 aromatic carbocycles. The van der Waals surface area contributed by atoms with Crippen molar-refractivity contribution in [2.75, 3.05) is 6.54 Å². The molecule has 104 valence electrons.